The van der Waals surface area contributed by atoms with Crippen LogP contribution < -0.4 is 5.32 Å². The van der Waals surface area contributed by atoms with Crippen molar-refractivity contribution < 1.29 is 5.11 Å². The fourth-order valence-electron chi connectivity index (χ4n) is 1.51. The molecule has 2 heteroatoms. The lowest BCUT2D eigenvalue weighted by Gasteiger charge is -2.24. The molecule has 0 saturated carbocycles. The van der Waals surface area contributed by atoms with Crippen molar-refractivity contribution in [2.24, 2.45) is 5.92 Å². The molecule has 1 atom stereocenters. The van der Waals surface area contributed by atoms with Gasteiger partial charge in [0.15, 0.2) is 0 Å². The zero-order valence-corrected chi connectivity index (χ0v) is 10.4. The molecule has 2 N–H and O–H groups in total. The van der Waals surface area contributed by atoms with Crippen LogP contribution in [0.1, 0.15) is 53.9 Å². The zero-order chi connectivity index (χ0) is 11.2. The van der Waals surface area contributed by atoms with Crippen molar-refractivity contribution in [3.05, 3.63) is 0 Å². The van der Waals surface area contributed by atoms with Crippen molar-refractivity contribution >= 4 is 0 Å². The molecule has 2 nitrogen and oxygen atoms in total. The van der Waals surface area contributed by atoms with Gasteiger partial charge in [-0.15, -0.1) is 0 Å². The Balaban J connectivity index is 3.69. The first-order valence-corrected chi connectivity index (χ1v) is 5.82. The molecule has 0 saturated heterocycles. The molecule has 0 spiro atoms. The lowest BCUT2D eigenvalue weighted by Crippen LogP contribution is -2.41. The summed E-state index contributed by atoms with van der Waals surface area (Å²) in [6.07, 6.45) is 3.07. The fourth-order valence-corrected chi connectivity index (χ4v) is 1.51. The lowest BCUT2D eigenvalue weighted by molar-refractivity contribution is 0.129. The minimum atomic E-state index is -0.195. The maximum absolute atomic E-state index is 9.78. The van der Waals surface area contributed by atoms with E-state index in [-0.39, 0.29) is 11.6 Å². The second-order valence-electron chi connectivity index (χ2n) is 5.20. The van der Waals surface area contributed by atoms with Crippen molar-refractivity contribution in [2.45, 2.75) is 65.5 Å². The van der Waals surface area contributed by atoms with Gasteiger partial charge < -0.3 is 10.4 Å². The van der Waals surface area contributed by atoms with Crippen molar-refractivity contribution in [1.82, 2.24) is 5.32 Å². The average molecular weight is 201 g/mol. The van der Waals surface area contributed by atoms with Gasteiger partial charge in [0.25, 0.3) is 0 Å². The standard InChI is InChI=1S/C12H27NO/c1-6-10(7-2)8-11(14)9-13-12(3,4)5/h10-11,13-14H,6-9H2,1-5H3. The van der Waals surface area contributed by atoms with Crippen LogP contribution in [0.25, 0.3) is 0 Å². The minimum Gasteiger partial charge on any atom is -0.392 e. The molecule has 0 aromatic carbocycles. The van der Waals surface area contributed by atoms with E-state index in [1.54, 1.807) is 0 Å². The van der Waals surface area contributed by atoms with E-state index in [1.807, 2.05) is 0 Å². The van der Waals surface area contributed by atoms with Crippen molar-refractivity contribution in [3.63, 3.8) is 0 Å². The van der Waals surface area contributed by atoms with Crippen LogP contribution in [0.15, 0.2) is 0 Å². The molecule has 14 heavy (non-hydrogen) atoms. The highest BCUT2D eigenvalue weighted by Gasteiger charge is 2.14. The topological polar surface area (TPSA) is 32.3 Å². The van der Waals surface area contributed by atoms with Crippen LogP contribution in [0, 0.1) is 5.92 Å². The molecule has 0 fully saturated rings. The number of aliphatic hydroxyl groups excluding tert-OH is 1. The van der Waals surface area contributed by atoms with E-state index >= 15 is 0 Å². The Bertz CT molecular complexity index is 136. The third-order valence-corrected chi connectivity index (χ3v) is 2.63. The second-order valence-corrected chi connectivity index (χ2v) is 5.20. The molecule has 0 amide bonds. The molecule has 86 valence electrons. The molecule has 0 radical (unpaired) electrons. The number of rotatable bonds is 6. The Labute approximate surface area is 89.1 Å². The number of aliphatic hydroxyl groups is 1. The number of hydrogen-bond acceptors (Lipinski definition) is 2. The summed E-state index contributed by atoms with van der Waals surface area (Å²) in [6, 6.07) is 0. The largest absolute Gasteiger partial charge is 0.392 e. The van der Waals surface area contributed by atoms with Crippen molar-refractivity contribution in [2.75, 3.05) is 6.54 Å². The highest BCUT2D eigenvalue weighted by atomic mass is 16.3. The van der Waals surface area contributed by atoms with E-state index in [2.05, 4.69) is 39.9 Å². The molecule has 0 aromatic heterocycles. The first-order chi connectivity index (χ1) is 6.39. The fraction of sp³-hybridized carbons (Fsp3) is 1.00. The smallest absolute Gasteiger partial charge is 0.0667 e. The van der Waals surface area contributed by atoms with Crippen LogP contribution in [0.5, 0.6) is 0 Å². The summed E-state index contributed by atoms with van der Waals surface area (Å²) in [4.78, 5) is 0. The summed E-state index contributed by atoms with van der Waals surface area (Å²) in [7, 11) is 0. The Kier molecular flexibility index (Phi) is 6.38. The van der Waals surface area contributed by atoms with Gasteiger partial charge in [-0.2, -0.15) is 0 Å². The Morgan fingerprint density at radius 1 is 1.14 bits per heavy atom. The lowest BCUT2D eigenvalue weighted by atomic mass is 9.96. The van der Waals surface area contributed by atoms with E-state index in [4.69, 9.17) is 0 Å². The molecule has 0 rings (SSSR count). The van der Waals surface area contributed by atoms with Crippen LogP contribution in [0.3, 0.4) is 0 Å². The molecule has 0 heterocycles. The first-order valence-electron chi connectivity index (χ1n) is 5.82. The Hall–Kier alpha value is -0.0800. The number of hydrogen-bond donors (Lipinski definition) is 2. The SMILES string of the molecule is CCC(CC)CC(O)CNC(C)(C)C. The minimum absolute atomic E-state index is 0.106. The third-order valence-electron chi connectivity index (χ3n) is 2.63. The molecule has 0 aliphatic rings. The van der Waals surface area contributed by atoms with Gasteiger partial charge in [0.2, 0.25) is 0 Å². The maximum Gasteiger partial charge on any atom is 0.0667 e. The highest BCUT2D eigenvalue weighted by Crippen LogP contribution is 2.14. The quantitative estimate of drug-likeness (QED) is 0.692. The molecule has 0 aromatic rings. The van der Waals surface area contributed by atoms with Crippen LogP contribution in [0.2, 0.25) is 0 Å². The van der Waals surface area contributed by atoms with Crippen LogP contribution in [-0.4, -0.2) is 23.3 Å². The third kappa shape index (κ3) is 7.34. The molecule has 1 unspecified atom stereocenters. The van der Waals surface area contributed by atoms with Gasteiger partial charge in [0, 0.05) is 12.1 Å². The van der Waals surface area contributed by atoms with Gasteiger partial charge >= 0.3 is 0 Å². The molecular weight excluding hydrogens is 174 g/mol. The average Bonchev–Trinajstić information content (AvgIpc) is 2.09. The van der Waals surface area contributed by atoms with E-state index < -0.39 is 0 Å². The summed E-state index contributed by atoms with van der Waals surface area (Å²) < 4.78 is 0. The Morgan fingerprint density at radius 3 is 2.00 bits per heavy atom. The van der Waals surface area contributed by atoms with Gasteiger partial charge in [-0.3, -0.25) is 0 Å². The second kappa shape index (κ2) is 6.41. The first kappa shape index (κ1) is 13.9. The van der Waals surface area contributed by atoms with Crippen LogP contribution in [-0.2, 0) is 0 Å². The van der Waals surface area contributed by atoms with Gasteiger partial charge in [-0.25, -0.2) is 0 Å². The maximum atomic E-state index is 9.78. The van der Waals surface area contributed by atoms with E-state index in [1.165, 1.54) is 12.8 Å². The highest BCUT2D eigenvalue weighted by molar-refractivity contribution is 4.74. The van der Waals surface area contributed by atoms with Gasteiger partial charge in [0.05, 0.1) is 6.10 Å². The Morgan fingerprint density at radius 2 is 1.64 bits per heavy atom. The predicted octanol–water partition coefficient (Wildman–Crippen LogP) is 2.56. The molecule has 0 aliphatic heterocycles. The van der Waals surface area contributed by atoms with Crippen molar-refractivity contribution in [3.8, 4) is 0 Å². The van der Waals surface area contributed by atoms with Gasteiger partial charge in [-0.05, 0) is 33.1 Å². The van der Waals surface area contributed by atoms with E-state index in [0.717, 1.165) is 6.42 Å². The van der Waals surface area contributed by atoms with Gasteiger partial charge in [0.1, 0.15) is 0 Å². The van der Waals surface area contributed by atoms with Crippen molar-refractivity contribution in [1.29, 1.82) is 0 Å². The summed E-state index contributed by atoms with van der Waals surface area (Å²) in [5.41, 5.74) is 0.106. The zero-order valence-electron chi connectivity index (χ0n) is 10.4. The summed E-state index contributed by atoms with van der Waals surface area (Å²) >= 11 is 0. The normalized spacial score (nSPS) is 14.8. The van der Waals surface area contributed by atoms with Gasteiger partial charge in [-0.1, -0.05) is 26.7 Å². The molecule has 0 bridgehead atoms. The van der Waals surface area contributed by atoms with Crippen LogP contribution in [0.4, 0.5) is 0 Å². The summed E-state index contributed by atoms with van der Waals surface area (Å²) in [5, 5.41) is 13.1. The predicted molar refractivity (Wildman–Crippen MR) is 62.5 cm³/mol. The van der Waals surface area contributed by atoms with E-state index in [0.29, 0.717) is 12.5 Å². The summed E-state index contributed by atoms with van der Waals surface area (Å²) in [6.45, 7) is 11.5. The van der Waals surface area contributed by atoms with Crippen LogP contribution >= 0.6 is 0 Å². The monoisotopic (exact) mass is 201 g/mol. The van der Waals surface area contributed by atoms with E-state index in [9.17, 15) is 5.11 Å². The molecular formula is C12H27NO. The summed E-state index contributed by atoms with van der Waals surface area (Å²) in [5.74, 6) is 0.673. The number of nitrogens with one attached hydrogen (secondary N) is 1. The molecule has 0 aliphatic carbocycles. The number of β-amino-alcohol motifs (C(OH)–C–C–N with tert-alkyl or cyclic N) is 1.